The molecule has 0 N–H and O–H groups in total. The third-order valence-corrected chi connectivity index (χ3v) is 4.34. The predicted molar refractivity (Wildman–Crippen MR) is 74.5 cm³/mol. The van der Waals surface area contributed by atoms with E-state index in [2.05, 4.69) is 13.9 Å². The van der Waals surface area contributed by atoms with Crippen LogP contribution in [0.25, 0.3) is 10.6 Å². The molecule has 0 unspecified atom stereocenters. The van der Waals surface area contributed by atoms with E-state index in [9.17, 15) is 26.4 Å². The number of nitrogens with zero attached hydrogens (tertiary/aromatic N) is 1. The zero-order chi connectivity index (χ0) is 17.3. The molecule has 0 saturated heterocycles. The van der Waals surface area contributed by atoms with Crippen LogP contribution in [-0.4, -0.2) is 32.0 Å². The Hall–Kier alpha value is -2.14. The molecule has 0 amide bonds. The molecular weight excluding hydrogens is 359 g/mol. The molecule has 0 spiro atoms. The summed E-state index contributed by atoms with van der Waals surface area (Å²) in [5.41, 5.74) is -5.68. The van der Waals surface area contributed by atoms with E-state index in [0.717, 1.165) is 19.2 Å². The lowest BCUT2D eigenvalue weighted by Crippen LogP contribution is -2.28. The summed E-state index contributed by atoms with van der Waals surface area (Å²) in [4.78, 5) is 15.7. The van der Waals surface area contributed by atoms with Crippen molar-refractivity contribution in [2.75, 3.05) is 7.11 Å². The zero-order valence-corrected chi connectivity index (χ0v) is 13.0. The fourth-order valence-electron chi connectivity index (χ4n) is 1.54. The topological polar surface area (TPSA) is 82.6 Å². The second-order valence-corrected chi connectivity index (χ2v) is 6.46. The minimum atomic E-state index is -5.90. The lowest BCUT2D eigenvalue weighted by molar-refractivity contribution is -0.0500. The third kappa shape index (κ3) is 3.62. The maximum atomic E-state index is 12.4. The van der Waals surface area contributed by atoms with E-state index in [1.54, 1.807) is 5.38 Å². The van der Waals surface area contributed by atoms with Gasteiger partial charge in [-0.2, -0.15) is 21.6 Å². The number of carbonyl (C=O) groups excluding carboxylic acids is 1. The van der Waals surface area contributed by atoms with Gasteiger partial charge in [0.1, 0.15) is 10.6 Å². The Kier molecular flexibility index (Phi) is 4.61. The van der Waals surface area contributed by atoms with E-state index in [4.69, 9.17) is 0 Å². The summed E-state index contributed by atoms with van der Waals surface area (Å²) in [6.45, 7) is 0. The predicted octanol–water partition coefficient (Wildman–Crippen LogP) is 2.83. The number of rotatable bonds is 4. The highest BCUT2D eigenvalue weighted by Crippen LogP contribution is 2.32. The number of hydrogen-bond acceptors (Lipinski definition) is 7. The summed E-state index contributed by atoms with van der Waals surface area (Å²) in [5.74, 6) is -1.83. The van der Waals surface area contributed by atoms with Crippen LogP contribution in [0.3, 0.4) is 0 Å². The van der Waals surface area contributed by atoms with Crippen molar-refractivity contribution >= 4 is 27.4 Å². The highest BCUT2D eigenvalue weighted by molar-refractivity contribution is 7.88. The average Bonchev–Trinajstić information content (AvgIpc) is 2.99. The molecule has 2 rings (SSSR count). The first-order valence-corrected chi connectivity index (χ1v) is 8.07. The fraction of sp³-hybridized carbons (Fsp3) is 0.167. The van der Waals surface area contributed by atoms with Crippen LogP contribution in [0, 0.1) is 0 Å². The Morgan fingerprint density at radius 1 is 1.30 bits per heavy atom. The molecular formula is C12H8F3NO5S2. The zero-order valence-electron chi connectivity index (χ0n) is 11.3. The number of alkyl halides is 3. The SMILES string of the molecule is COC(=O)c1cc(-c2nccs2)ccc1OS(=O)(=O)C(F)(F)F. The molecule has 11 heteroatoms. The van der Waals surface area contributed by atoms with Gasteiger partial charge in [0.2, 0.25) is 0 Å². The minimum Gasteiger partial charge on any atom is -0.465 e. The maximum absolute atomic E-state index is 12.4. The molecule has 1 heterocycles. The molecule has 6 nitrogen and oxygen atoms in total. The number of thiazole rings is 1. The summed E-state index contributed by atoms with van der Waals surface area (Å²) in [7, 11) is -4.90. The van der Waals surface area contributed by atoms with Gasteiger partial charge in [0, 0.05) is 17.1 Å². The van der Waals surface area contributed by atoms with Crippen LogP contribution < -0.4 is 4.18 Å². The fourth-order valence-corrected chi connectivity index (χ4v) is 2.65. The van der Waals surface area contributed by atoms with E-state index in [-0.39, 0.29) is 0 Å². The number of ether oxygens (including phenoxy) is 1. The second-order valence-electron chi connectivity index (χ2n) is 4.02. The Morgan fingerprint density at radius 2 is 2.00 bits per heavy atom. The first kappa shape index (κ1) is 17.2. The molecule has 0 aliphatic carbocycles. The van der Waals surface area contributed by atoms with Gasteiger partial charge in [0.15, 0.2) is 5.75 Å². The van der Waals surface area contributed by atoms with Crippen LogP contribution in [0.4, 0.5) is 13.2 Å². The summed E-state index contributed by atoms with van der Waals surface area (Å²) in [5, 5.41) is 2.14. The Balaban J connectivity index is 2.50. The van der Waals surface area contributed by atoms with Crippen LogP contribution in [0.1, 0.15) is 10.4 Å². The normalized spacial score (nSPS) is 12.0. The van der Waals surface area contributed by atoms with Gasteiger partial charge in [0.25, 0.3) is 0 Å². The monoisotopic (exact) mass is 367 g/mol. The molecule has 0 fully saturated rings. The molecule has 2 aromatic rings. The lowest BCUT2D eigenvalue weighted by Gasteiger charge is -2.12. The highest BCUT2D eigenvalue weighted by Gasteiger charge is 2.49. The number of carbonyl (C=O) groups is 1. The van der Waals surface area contributed by atoms with Crippen molar-refractivity contribution in [3.63, 3.8) is 0 Å². The van der Waals surface area contributed by atoms with Crippen molar-refractivity contribution < 1.29 is 35.3 Å². The van der Waals surface area contributed by atoms with Gasteiger partial charge in [-0.3, -0.25) is 0 Å². The molecule has 0 bridgehead atoms. The highest BCUT2D eigenvalue weighted by atomic mass is 32.2. The van der Waals surface area contributed by atoms with Gasteiger partial charge in [-0.1, -0.05) is 0 Å². The van der Waals surface area contributed by atoms with Crippen molar-refractivity contribution in [3.8, 4) is 16.3 Å². The number of esters is 1. The van der Waals surface area contributed by atoms with Crippen LogP contribution in [0.2, 0.25) is 0 Å². The summed E-state index contributed by atoms with van der Waals surface area (Å²) in [6.07, 6.45) is 1.50. The maximum Gasteiger partial charge on any atom is 0.534 e. The molecule has 1 aromatic heterocycles. The smallest absolute Gasteiger partial charge is 0.465 e. The third-order valence-electron chi connectivity index (χ3n) is 2.55. The van der Waals surface area contributed by atoms with Crippen molar-refractivity contribution in [2.24, 2.45) is 0 Å². The van der Waals surface area contributed by atoms with Crippen LogP contribution >= 0.6 is 11.3 Å². The van der Waals surface area contributed by atoms with Gasteiger partial charge in [0.05, 0.1) is 7.11 Å². The number of aromatic nitrogens is 1. The van der Waals surface area contributed by atoms with E-state index >= 15 is 0 Å². The van der Waals surface area contributed by atoms with Gasteiger partial charge in [-0.15, -0.1) is 11.3 Å². The first-order valence-electron chi connectivity index (χ1n) is 5.78. The Bertz CT molecular complexity index is 816. The second kappa shape index (κ2) is 6.16. The van der Waals surface area contributed by atoms with Crippen LogP contribution in [0.5, 0.6) is 5.75 Å². The van der Waals surface area contributed by atoms with Crippen molar-refractivity contribution in [1.82, 2.24) is 4.98 Å². The molecule has 124 valence electrons. The van der Waals surface area contributed by atoms with E-state index in [1.807, 2.05) is 0 Å². The molecule has 23 heavy (non-hydrogen) atoms. The van der Waals surface area contributed by atoms with Gasteiger partial charge in [-0.05, 0) is 18.2 Å². The molecule has 1 aromatic carbocycles. The molecule has 0 saturated carbocycles. The first-order chi connectivity index (χ1) is 10.7. The van der Waals surface area contributed by atoms with E-state index in [1.165, 1.54) is 23.6 Å². The van der Waals surface area contributed by atoms with Crippen LogP contribution in [0.15, 0.2) is 29.8 Å². The average molecular weight is 367 g/mol. The number of methoxy groups -OCH3 is 1. The summed E-state index contributed by atoms with van der Waals surface area (Å²) in [6, 6.07) is 3.37. The lowest BCUT2D eigenvalue weighted by atomic mass is 10.1. The summed E-state index contributed by atoms with van der Waals surface area (Å²) < 4.78 is 67.8. The number of benzene rings is 1. The van der Waals surface area contributed by atoms with Gasteiger partial charge < -0.3 is 8.92 Å². The van der Waals surface area contributed by atoms with Gasteiger partial charge >= 0.3 is 21.6 Å². The minimum absolute atomic E-state index is 0.400. The summed E-state index contributed by atoms with van der Waals surface area (Å²) >= 11 is 1.23. The van der Waals surface area contributed by atoms with Crippen molar-refractivity contribution in [3.05, 3.63) is 35.3 Å². The Morgan fingerprint density at radius 3 is 2.52 bits per heavy atom. The van der Waals surface area contributed by atoms with Crippen LogP contribution in [-0.2, 0) is 14.9 Å². The van der Waals surface area contributed by atoms with Crippen molar-refractivity contribution in [1.29, 1.82) is 0 Å². The Labute approximate surface area is 132 Å². The quantitative estimate of drug-likeness (QED) is 0.469. The standard InChI is InChI=1S/C12H8F3NO5S2/c1-20-11(17)8-6-7(10-16-4-5-22-10)2-3-9(8)21-23(18,19)12(13,14)15/h2-6H,1H3. The number of halogens is 3. The van der Waals surface area contributed by atoms with Gasteiger partial charge in [-0.25, -0.2) is 9.78 Å². The van der Waals surface area contributed by atoms with E-state index in [0.29, 0.717) is 10.6 Å². The molecule has 0 radical (unpaired) electrons. The van der Waals surface area contributed by atoms with Crippen molar-refractivity contribution in [2.45, 2.75) is 5.51 Å². The molecule has 0 aliphatic rings. The molecule has 0 atom stereocenters. The largest absolute Gasteiger partial charge is 0.534 e. The number of hydrogen-bond donors (Lipinski definition) is 0. The van der Waals surface area contributed by atoms with E-state index < -0.39 is 32.9 Å². The molecule has 0 aliphatic heterocycles.